The van der Waals surface area contributed by atoms with Crippen molar-refractivity contribution in [3.05, 3.63) is 152 Å². The molecule has 0 fully saturated rings. The number of para-hydroxylation sites is 1. The van der Waals surface area contributed by atoms with E-state index < -0.39 is 0 Å². The number of benzene rings is 7. The van der Waals surface area contributed by atoms with E-state index in [9.17, 15) is 0 Å². The summed E-state index contributed by atoms with van der Waals surface area (Å²) in [4.78, 5) is 15.5. The predicted molar refractivity (Wildman–Crippen MR) is 199 cm³/mol. The highest BCUT2D eigenvalue weighted by molar-refractivity contribution is 7.25. The SMILES string of the molecule is c1ccc(-c2nc(-c3cccc4sc5ccccc5c34)nc(-c3ccc(-c4ccc5ccccc5c4)c4oc5ccccc5c34)n2)cc1. The lowest BCUT2D eigenvalue weighted by Gasteiger charge is -2.12. The van der Waals surface area contributed by atoms with Gasteiger partial charge in [0.1, 0.15) is 11.2 Å². The summed E-state index contributed by atoms with van der Waals surface area (Å²) in [5, 5.41) is 6.79. The summed E-state index contributed by atoms with van der Waals surface area (Å²) in [6.07, 6.45) is 0. The molecule has 224 valence electrons. The van der Waals surface area contributed by atoms with Crippen molar-refractivity contribution in [2.75, 3.05) is 0 Å². The summed E-state index contributed by atoms with van der Waals surface area (Å²) in [6.45, 7) is 0. The van der Waals surface area contributed by atoms with E-state index in [0.717, 1.165) is 49.8 Å². The lowest BCUT2D eigenvalue weighted by Crippen LogP contribution is -2.01. The van der Waals surface area contributed by atoms with Gasteiger partial charge < -0.3 is 4.42 Å². The van der Waals surface area contributed by atoms with E-state index in [4.69, 9.17) is 19.4 Å². The van der Waals surface area contributed by atoms with Crippen molar-refractivity contribution in [2.45, 2.75) is 0 Å². The van der Waals surface area contributed by atoms with Gasteiger partial charge in [0.05, 0.1) is 0 Å². The minimum Gasteiger partial charge on any atom is -0.455 e. The van der Waals surface area contributed by atoms with Crippen LogP contribution in [-0.4, -0.2) is 15.0 Å². The van der Waals surface area contributed by atoms with Gasteiger partial charge in [-0.05, 0) is 52.7 Å². The summed E-state index contributed by atoms with van der Waals surface area (Å²) < 4.78 is 9.12. The van der Waals surface area contributed by atoms with E-state index in [1.807, 2.05) is 30.3 Å². The molecule has 4 nitrogen and oxygen atoms in total. The van der Waals surface area contributed by atoms with Crippen LogP contribution < -0.4 is 0 Å². The van der Waals surface area contributed by atoms with E-state index >= 15 is 0 Å². The van der Waals surface area contributed by atoms with E-state index in [2.05, 4.69) is 121 Å². The second kappa shape index (κ2) is 10.7. The number of nitrogens with zero attached hydrogens (tertiary/aromatic N) is 3. The van der Waals surface area contributed by atoms with Gasteiger partial charge in [-0.2, -0.15) is 0 Å². The second-order valence-electron chi connectivity index (χ2n) is 12.0. The number of fused-ring (bicyclic) bond motifs is 7. The Balaban J connectivity index is 1.26. The number of furan rings is 1. The summed E-state index contributed by atoms with van der Waals surface area (Å²) in [5.74, 6) is 1.89. The average Bonchev–Trinajstić information content (AvgIpc) is 3.74. The summed E-state index contributed by atoms with van der Waals surface area (Å²) in [6, 6.07) is 52.6. The summed E-state index contributed by atoms with van der Waals surface area (Å²) >= 11 is 1.79. The molecule has 7 aromatic carbocycles. The first-order valence-corrected chi connectivity index (χ1v) is 16.8. The molecule has 3 heterocycles. The molecule has 5 heteroatoms. The van der Waals surface area contributed by atoms with E-state index in [1.54, 1.807) is 11.3 Å². The zero-order valence-electron chi connectivity index (χ0n) is 25.6. The van der Waals surface area contributed by atoms with Gasteiger partial charge in [-0.3, -0.25) is 0 Å². The normalized spacial score (nSPS) is 11.8. The van der Waals surface area contributed by atoms with Crippen LogP contribution in [0.1, 0.15) is 0 Å². The van der Waals surface area contributed by atoms with Crippen LogP contribution in [0.3, 0.4) is 0 Å². The molecule has 48 heavy (non-hydrogen) atoms. The molecule has 0 aliphatic heterocycles. The molecule has 3 aromatic heterocycles. The molecule has 0 N–H and O–H groups in total. The third kappa shape index (κ3) is 4.25. The van der Waals surface area contributed by atoms with Crippen LogP contribution in [0.15, 0.2) is 156 Å². The molecule has 0 spiro atoms. The van der Waals surface area contributed by atoms with Crippen molar-refractivity contribution in [1.29, 1.82) is 0 Å². The Bertz CT molecular complexity index is 2850. The van der Waals surface area contributed by atoms with Gasteiger partial charge in [0.15, 0.2) is 17.5 Å². The smallest absolute Gasteiger partial charge is 0.164 e. The highest BCUT2D eigenvalue weighted by Gasteiger charge is 2.22. The maximum Gasteiger partial charge on any atom is 0.164 e. The summed E-state index contributed by atoms with van der Waals surface area (Å²) in [7, 11) is 0. The van der Waals surface area contributed by atoms with Crippen LogP contribution in [0.5, 0.6) is 0 Å². The van der Waals surface area contributed by atoms with Gasteiger partial charge >= 0.3 is 0 Å². The van der Waals surface area contributed by atoms with Crippen LogP contribution in [0.4, 0.5) is 0 Å². The number of hydrogen-bond acceptors (Lipinski definition) is 5. The average molecular weight is 632 g/mol. The van der Waals surface area contributed by atoms with Crippen LogP contribution in [0.25, 0.3) is 98.2 Å². The third-order valence-corrected chi connectivity index (χ3v) is 10.3. The largest absolute Gasteiger partial charge is 0.455 e. The fraction of sp³-hybridized carbons (Fsp3) is 0. The van der Waals surface area contributed by atoms with Crippen molar-refractivity contribution < 1.29 is 4.42 Å². The second-order valence-corrected chi connectivity index (χ2v) is 13.1. The number of rotatable bonds is 4. The fourth-order valence-corrected chi connectivity index (χ4v) is 8.03. The standard InChI is InChI=1S/C43H25N3OS/c1-2-12-27(13-3-1)41-44-42(33-17-10-20-37-38(33)32-16-7-9-19-36(32)48-37)46-43(45-41)34-24-23-30(29-22-21-26-11-4-5-14-28(26)25-29)40-39(34)31-15-6-8-18-35(31)47-40/h1-25H. The first kappa shape index (κ1) is 27.0. The molecule has 0 bridgehead atoms. The fourth-order valence-electron chi connectivity index (χ4n) is 6.89. The Morgan fingerprint density at radius 3 is 1.96 bits per heavy atom. The molecule has 10 aromatic rings. The van der Waals surface area contributed by atoms with Gasteiger partial charge in [-0.25, -0.2) is 15.0 Å². The molecule has 0 atom stereocenters. The molecule has 0 amide bonds. The monoisotopic (exact) mass is 631 g/mol. The summed E-state index contributed by atoms with van der Waals surface area (Å²) in [5.41, 5.74) is 6.61. The van der Waals surface area contributed by atoms with Gasteiger partial charge in [0, 0.05) is 53.2 Å². The van der Waals surface area contributed by atoms with E-state index in [1.165, 1.54) is 30.9 Å². The van der Waals surface area contributed by atoms with Crippen LogP contribution in [0, 0.1) is 0 Å². The maximum atomic E-state index is 6.67. The van der Waals surface area contributed by atoms with Crippen LogP contribution in [0.2, 0.25) is 0 Å². The van der Waals surface area contributed by atoms with E-state index in [-0.39, 0.29) is 0 Å². The van der Waals surface area contributed by atoms with Crippen molar-refractivity contribution in [3.63, 3.8) is 0 Å². The highest BCUT2D eigenvalue weighted by Crippen LogP contribution is 2.43. The Morgan fingerprint density at radius 2 is 1.08 bits per heavy atom. The quantitative estimate of drug-likeness (QED) is 0.194. The van der Waals surface area contributed by atoms with Gasteiger partial charge in [-0.1, -0.05) is 115 Å². The minimum absolute atomic E-state index is 0.608. The maximum absolute atomic E-state index is 6.67. The predicted octanol–water partition coefficient (Wildman–Crippen LogP) is 12.0. The van der Waals surface area contributed by atoms with Crippen molar-refractivity contribution in [1.82, 2.24) is 15.0 Å². The molecule has 0 saturated carbocycles. The van der Waals surface area contributed by atoms with Gasteiger partial charge in [0.2, 0.25) is 0 Å². The molecule has 0 saturated heterocycles. The molecule has 10 rings (SSSR count). The zero-order chi connectivity index (χ0) is 31.6. The third-order valence-electron chi connectivity index (χ3n) is 9.14. The number of thiophene rings is 1. The molecule has 0 aliphatic rings. The highest BCUT2D eigenvalue weighted by atomic mass is 32.1. The molecule has 0 aliphatic carbocycles. The minimum atomic E-state index is 0.608. The Morgan fingerprint density at radius 1 is 0.417 bits per heavy atom. The first-order chi connectivity index (χ1) is 23.8. The number of hydrogen-bond donors (Lipinski definition) is 0. The van der Waals surface area contributed by atoms with Crippen LogP contribution >= 0.6 is 11.3 Å². The Labute approximate surface area is 279 Å². The van der Waals surface area contributed by atoms with Crippen molar-refractivity contribution >= 4 is 64.2 Å². The van der Waals surface area contributed by atoms with E-state index in [0.29, 0.717) is 17.5 Å². The van der Waals surface area contributed by atoms with Gasteiger partial charge in [0.25, 0.3) is 0 Å². The molecule has 0 unspecified atom stereocenters. The topological polar surface area (TPSA) is 51.8 Å². The van der Waals surface area contributed by atoms with Crippen molar-refractivity contribution in [2.24, 2.45) is 0 Å². The Kier molecular flexibility index (Phi) is 6.01. The zero-order valence-corrected chi connectivity index (χ0v) is 26.4. The molecular formula is C43H25N3OS. The first-order valence-electron chi connectivity index (χ1n) is 15.9. The van der Waals surface area contributed by atoms with Crippen LogP contribution in [-0.2, 0) is 0 Å². The van der Waals surface area contributed by atoms with Crippen molar-refractivity contribution in [3.8, 4) is 45.3 Å². The molecular weight excluding hydrogens is 607 g/mol. The number of aromatic nitrogens is 3. The lowest BCUT2D eigenvalue weighted by molar-refractivity contribution is 0.670. The Hall–Kier alpha value is -6.17. The lowest BCUT2D eigenvalue weighted by atomic mass is 9.96. The van der Waals surface area contributed by atoms with Gasteiger partial charge in [-0.15, -0.1) is 11.3 Å². The molecule has 0 radical (unpaired) electrons.